The largest absolute Gasteiger partial charge is 0.337 e. The molecule has 1 amide bonds. The average Bonchev–Trinajstić information content (AvgIpc) is 3.12. The van der Waals surface area contributed by atoms with Crippen LogP contribution in [0.25, 0.3) is 11.4 Å². The predicted molar refractivity (Wildman–Crippen MR) is 96.8 cm³/mol. The van der Waals surface area contributed by atoms with Crippen LogP contribution in [0.2, 0.25) is 0 Å². The molecule has 27 heavy (non-hydrogen) atoms. The van der Waals surface area contributed by atoms with E-state index in [-0.39, 0.29) is 12.5 Å². The third-order valence-corrected chi connectivity index (χ3v) is 4.11. The fourth-order valence-corrected chi connectivity index (χ4v) is 2.76. The van der Waals surface area contributed by atoms with Crippen molar-refractivity contribution in [2.45, 2.75) is 12.6 Å². The van der Waals surface area contributed by atoms with E-state index in [0.717, 1.165) is 5.56 Å². The number of carbonyl (C=O) groups is 1. The van der Waals surface area contributed by atoms with Crippen LogP contribution in [-0.4, -0.2) is 52.0 Å². The van der Waals surface area contributed by atoms with Gasteiger partial charge < -0.3 is 9.42 Å². The summed E-state index contributed by atoms with van der Waals surface area (Å²) in [5, 5.41) is 3.93. The molecule has 3 rings (SSSR count). The van der Waals surface area contributed by atoms with Gasteiger partial charge >= 0.3 is 0 Å². The molecule has 0 spiro atoms. The van der Waals surface area contributed by atoms with Gasteiger partial charge in [0, 0.05) is 30.6 Å². The van der Waals surface area contributed by atoms with Crippen molar-refractivity contribution in [3.8, 4) is 11.4 Å². The number of hydrogen-bond acceptors (Lipinski definition) is 6. The Morgan fingerprint density at radius 2 is 1.85 bits per heavy atom. The molecule has 1 aromatic carbocycles. The first kappa shape index (κ1) is 18.7. The molecule has 2 heterocycles. The summed E-state index contributed by atoms with van der Waals surface area (Å²) in [7, 11) is 5.09. The highest BCUT2D eigenvalue weighted by Gasteiger charge is 2.29. The highest BCUT2D eigenvalue weighted by atomic mass is 19.1. The van der Waals surface area contributed by atoms with Crippen molar-refractivity contribution in [2.24, 2.45) is 0 Å². The molecule has 0 bridgehead atoms. The maximum absolute atomic E-state index is 14.2. The quantitative estimate of drug-likeness (QED) is 0.665. The Balaban J connectivity index is 1.77. The fourth-order valence-electron chi connectivity index (χ4n) is 2.76. The normalized spacial score (nSPS) is 12.2. The van der Waals surface area contributed by atoms with Gasteiger partial charge in [-0.05, 0) is 32.3 Å². The zero-order valence-electron chi connectivity index (χ0n) is 15.3. The van der Waals surface area contributed by atoms with Gasteiger partial charge in [-0.1, -0.05) is 23.4 Å². The number of hydrogen-bond donors (Lipinski definition) is 0. The van der Waals surface area contributed by atoms with E-state index >= 15 is 0 Å². The van der Waals surface area contributed by atoms with Gasteiger partial charge in [-0.25, -0.2) is 4.39 Å². The summed E-state index contributed by atoms with van der Waals surface area (Å²) in [6.45, 7) is 0.121. The summed E-state index contributed by atoms with van der Waals surface area (Å²) in [5.41, 5.74) is 1.09. The van der Waals surface area contributed by atoms with Crippen LogP contribution < -0.4 is 0 Å². The molecule has 7 nitrogen and oxygen atoms in total. The summed E-state index contributed by atoms with van der Waals surface area (Å²) in [6.07, 6.45) is 3.27. The van der Waals surface area contributed by atoms with Crippen molar-refractivity contribution >= 4 is 5.91 Å². The number of halogens is 1. The van der Waals surface area contributed by atoms with E-state index in [1.165, 1.54) is 11.0 Å². The SMILES string of the molecule is CN(Cc1nc(-c2ccncc2)no1)C(=O)[C@H](c1ccccc1F)N(C)C. The third kappa shape index (κ3) is 4.17. The standard InChI is InChI=1S/C19H20FN5O2/c1-24(2)17(14-6-4-5-7-15(14)20)19(26)25(3)12-16-22-18(23-27-16)13-8-10-21-11-9-13/h4-11,17H,12H2,1-3H3/t17-/m0/s1. The van der Waals surface area contributed by atoms with Gasteiger partial charge in [-0.2, -0.15) is 4.98 Å². The lowest BCUT2D eigenvalue weighted by atomic mass is 10.0. The van der Waals surface area contributed by atoms with Crippen LogP contribution in [0.4, 0.5) is 4.39 Å². The fraction of sp³-hybridized carbons (Fsp3) is 0.263. The minimum atomic E-state index is -0.751. The van der Waals surface area contributed by atoms with Crippen LogP contribution in [-0.2, 0) is 11.3 Å². The van der Waals surface area contributed by atoms with Crippen LogP contribution in [0.15, 0.2) is 53.3 Å². The topological polar surface area (TPSA) is 75.4 Å². The monoisotopic (exact) mass is 369 g/mol. The maximum atomic E-state index is 14.2. The zero-order valence-corrected chi connectivity index (χ0v) is 15.3. The molecule has 1 atom stereocenters. The number of carbonyl (C=O) groups excluding carboxylic acids is 1. The summed E-state index contributed by atoms with van der Waals surface area (Å²) < 4.78 is 19.4. The Bertz CT molecular complexity index is 913. The molecule has 2 aromatic heterocycles. The number of benzene rings is 1. The molecule has 0 saturated carbocycles. The molecular formula is C19H20FN5O2. The van der Waals surface area contributed by atoms with E-state index in [0.29, 0.717) is 17.3 Å². The number of amides is 1. The van der Waals surface area contributed by atoms with Crippen molar-refractivity contribution in [2.75, 3.05) is 21.1 Å². The van der Waals surface area contributed by atoms with Crippen LogP contribution >= 0.6 is 0 Å². The minimum Gasteiger partial charge on any atom is -0.337 e. The lowest BCUT2D eigenvalue weighted by molar-refractivity contribution is -0.136. The molecule has 0 radical (unpaired) electrons. The Kier molecular flexibility index (Phi) is 5.56. The second-order valence-corrected chi connectivity index (χ2v) is 6.33. The van der Waals surface area contributed by atoms with Crippen LogP contribution in [0.3, 0.4) is 0 Å². The average molecular weight is 369 g/mol. The first-order valence-corrected chi connectivity index (χ1v) is 8.36. The molecule has 0 aliphatic carbocycles. The van der Waals surface area contributed by atoms with Crippen molar-refractivity contribution in [3.05, 3.63) is 66.1 Å². The van der Waals surface area contributed by atoms with Crippen LogP contribution in [0.1, 0.15) is 17.5 Å². The number of pyridine rings is 1. The molecule has 140 valence electrons. The molecule has 0 aliphatic heterocycles. The summed E-state index contributed by atoms with van der Waals surface area (Å²) in [6, 6.07) is 9.05. The van der Waals surface area contributed by atoms with Gasteiger partial charge in [0.25, 0.3) is 0 Å². The molecule has 0 aliphatic rings. The van der Waals surface area contributed by atoms with Gasteiger partial charge in [0.2, 0.25) is 17.6 Å². The van der Waals surface area contributed by atoms with E-state index in [4.69, 9.17) is 4.52 Å². The maximum Gasteiger partial charge on any atom is 0.246 e. The van der Waals surface area contributed by atoms with Crippen molar-refractivity contribution in [1.82, 2.24) is 24.9 Å². The minimum absolute atomic E-state index is 0.121. The Labute approximate surface area is 156 Å². The van der Waals surface area contributed by atoms with Crippen molar-refractivity contribution in [3.63, 3.8) is 0 Å². The van der Waals surface area contributed by atoms with Gasteiger partial charge in [-0.3, -0.25) is 14.7 Å². The number of nitrogens with zero attached hydrogens (tertiary/aromatic N) is 5. The van der Waals surface area contributed by atoms with Crippen LogP contribution in [0, 0.1) is 5.82 Å². The third-order valence-electron chi connectivity index (χ3n) is 4.11. The van der Waals surface area contributed by atoms with Crippen LogP contribution in [0.5, 0.6) is 0 Å². The van der Waals surface area contributed by atoms with E-state index < -0.39 is 11.9 Å². The van der Waals surface area contributed by atoms with Gasteiger partial charge in [-0.15, -0.1) is 0 Å². The molecule has 0 fully saturated rings. The van der Waals surface area contributed by atoms with E-state index in [2.05, 4.69) is 15.1 Å². The number of likely N-dealkylation sites (N-methyl/N-ethyl adjacent to an activating group) is 2. The summed E-state index contributed by atoms with van der Waals surface area (Å²) >= 11 is 0. The summed E-state index contributed by atoms with van der Waals surface area (Å²) in [5.74, 6) is 0.0275. The lowest BCUT2D eigenvalue weighted by Gasteiger charge is -2.28. The van der Waals surface area contributed by atoms with E-state index in [1.807, 2.05) is 0 Å². The van der Waals surface area contributed by atoms with Gasteiger partial charge in [0.05, 0.1) is 6.54 Å². The number of aromatic nitrogens is 3. The molecule has 0 N–H and O–H groups in total. The Morgan fingerprint density at radius 1 is 1.15 bits per heavy atom. The Hall–Kier alpha value is -3.13. The molecular weight excluding hydrogens is 349 g/mol. The van der Waals surface area contributed by atoms with Crippen molar-refractivity contribution < 1.29 is 13.7 Å². The lowest BCUT2D eigenvalue weighted by Crippen LogP contribution is -2.38. The Morgan fingerprint density at radius 3 is 2.52 bits per heavy atom. The molecule has 3 aromatic rings. The second kappa shape index (κ2) is 8.05. The van der Waals surface area contributed by atoms with Crippen molar-refractivity contribution in [1.29, 1.82) is 0 Å². The highest BCUT2D eigenvalue weighted by Crippen LogP contribution is 2.24. The number of rotatable bonds is 6. The first-order chi connectivity index (χ1) is 13.0. The molecule has 0 saturated heterocycles. The molecule has 0 unspecified atom stereocenters. The smallest absolute Gasteiger partial charge is 0.246 e. The zero-order chi connectivity index (χ0) is 19.4. The van der Waals surface area contributed by atoms with Gasteiger partial charge in [0.15, 0.2) is 0 Å². The van der Waals surface area contributed by atoms with E-state index in [9.17, 15) is 9.18 Å². The summed E-state index contributed by atoms with van der Waals surface area (Å²) in [4.78, 5) is 24.3. The highest BCUT2D eigenvalue weighted by molar-refractivity contribution is 5.83. The van der Waals surface area contributed by atoms with Gasteiger partial charge in [0.1, 0.15) is 11.9 Å². The second-order valence-electron chi connectivity index (χ2n) is 6.33. The molecule has 8 heteroatoms. The predicted octanol–water partition coefficient (Wildman–Crippen LogP) is 2.53. The van der Waals surface area contributed by atoms with E-state index in [1.54, 1.807) is 68.8 Å². The first-order valence-electron chi connectivity index (χ1n) is 8.36.